The van der Waals surface area contributed by atoms with Gasteiger partial charge in [-0.3, -0.25) is 4.68 Å². The van der Waals surface area contributed by atoms with Gasteiger partial charge in [0.05, 0.1) is 17.8 Å². The lowest BCUT2D eigenvalue weighted by molar-refractivity contribution is -0.166. The Morgan fingerprint density at radius 3 is 2.67 bits per heavy atom. The Morgan fingerprint density at radius 1 is 1.26 bits per heavy atom. The average Bonchev–Trinajstić information content (AvgIpc) is 3.42. The number of aliphatic carboxylic acids is 1. The highest BCUT2D eigenvalue weighted by Crippen LogP contribution is 2.42. The van der Waals surface area contributed by atoms with Crippen LogP contribution in [0.2, 0.25) is 0 Å². The quantitative estimate of drug-likeness (QED) is 0.705. The number of alkyl halides is 2. The Bertz CT molecular complexity index is 1050. The monoisotopic (exact) mass is 370 g/mol. The van der Waals surface area contributed by atoms with Gasteiger partial charge >= 0.3 is 11.9 Å². The Balaban J connectivity index is 1.82. The standard InChI is InChI=1S/C21H20F2N2O2/c1-12-4-3-5-17(14-6-7-14)18(12)11-25-19-10-15(21(22,23)20(26)27)8-9-16(19)13(2)24-25/h3-5,8-10,14H,6-7,11H2,1-2H3,(H,26,27). The summed E-state index contributed by atoms with van der Waals surface area (Å²) in [6, 6.07) is 10.2. The van der Waals surface area contributed by atoms with Crippen LogP contribution in [0.15, 0.2) is 36.4 Å². The largest absolute Gasteiger partial charge is 0.477 e. The first-order chi connectivity index (χ1) is 12.8. The summed E-state index contributed by atoms with van der Waals surface area (Å²) in [5, 5.41) is 14.1. The van der Waals surface area contributed by atoms with Crippen molar-refractivity contribution in [1.82, 2.24) is 9.78 Å². The Kier molecular flexibility index (Phi) is 4.02. The molecular weight excluding hydrogens is 350 g/mol. The molecule has 1 fully saturated rings. The number of rotatable bonds is 5. The first kappa shape index (κ1) is 17.6. The summed E-state index contributed by atoms with van der Waals surface area (Å²) in [5.74, 6) is -5.52. The fourth-order valence-electron chi connectivity index (χ4n) is 3.65. The number of benzene rings is 2. The normalized spacial score (nSPS) is 14.7. The lowest BCUT2D eigenvalue weighted by Gasteiger charge is -2.14. The van der Waals surface area contributed by atoms with Crippen LogP contribution in [-0.2, 0) is 17.3 Å². The molecule has 1 aliphatic rings. The maximum Gasteiger partial charge on any atom is 0.379 e. The molecule has 0 unspecified atom stereocenters. The summed E-state index contributed by atoms with van der Waals surface area (Å²) in [6.07, 6.45) is 2.34. The van der Waals surface area contributed by atoms with Crippen LogP contribution in [0.5, 0.6) is 0 Å². The van der Waals surface area contributed by atoms with Gasteiger partial charge in [0, 0.05) is 10.9 Å². The summed E-state index contributed by atoms with van der Waals surface area (Å²) in [5.41, 5.74) is 4.33. The van der Waals surface area contributed by atoms with Gasteiger partial charge in [-0.2, -0.15) is 13.9 Å². The fourth-order valence-corrected chi connectivity index (χ4v) is 3.65. The summed E-state index contributed by atoms with van der Waals surface area (Å²) < 4.78 is 29.7. The Hall–Kier alpha value is -2.76. The van der Waals surface area contributed by atoms with Crippen LogP contribution in [0.3, 0.4) is 0 Å². The molecule has 4 rings (SSSR count). The van der Waals surface area contributed by atoms with Crippen molar-refractivity contribution < 1.29 is 18.7 Å². The van der Waals surface area contributed by atoms with Gasteiger partial charge in [0.15, 0.2) is 0 Å². The van der Waals surface area contributed by atoms with Crippen LogP contribution in [-0.4, -0.2) is 20.9 Å². The van der Waals surface area contributed by atoms with E-state index >= 15 is 0 Å². The predicted molar refractivity (Wildman–Crippen MR) is 98.3 cm³/mol. The van der Waals surface area contributed by atoms with Crippen LogP contribution in [0.4, 0.5) is 8.78 Å². The molecule has 3 aromatic rings. The third-order valence-corrected chi connectivity index (χ3v) is 5.34. The molecule has 2 aromatic carbocycles. The maximum absolute atomic E-state index is 14.0. The average molecular weight is 370 g/mol. The van der Waals surface area contributed by atoms with E-state index < -0.39 is 17.5 Å². The van der Waals surface area contributed by atoms with Crippen molar-refractivity contribution in [3.63, 3.8) is 0 Å². The highest BCUT2D eigenvalue weighted by molar-refractivity contribution is 5.85. The number of carbonyl (C=O) groups is 1. The minimum absolute atomic E-state index is 0.477. The van der Waals surface area contributed by atoms with E-state index in [0.29, 0.717) is 18.0 Å². The molecule has 0 bridgehead atoms. The maximum atomic E-state index is 14.0. The number of aromatic nitrogens is 2. The van der Waals surface area contributed by atoms with Gasteiger partial charge in [0.2, 0.25) is 0 Å². The molecule has 27 heavy (non-hydrogen) atoms. The second kappa shape index (κ2) is 6.15. The molecule has 6 heteroatoms. The van der Waals surface area contributed by atoms with E-state index in [1.165, 1.54) is 42.2 Å². The highest BCUT2D eigenvalue weighted by atomic mass is 19.3. The molecule has 0 saturated heterocycles. The van der Waals surface area contributed by atoms with Gasteiger partial charge in [0.1, 0.15) is 0 Å². The zero-order chi connectivity index (χ0) is 19.3. The zero-order valence-corrected chi connectivity index (χ0v) is 15.2. The van der Waals surface area contributed by atoms with Crippen LogP contribution >= 0.6 is 0 Å². The minimum Gasteiger partial charge on any atom is -0.477 e. The van der Waals surface area contributed by atoms with E-state index in [1.807, 2.05) is 26.0 Å². The minimum atomic E-state index is -3.93. The molecule has 1 aromatic heterocycles. The van der Waals surface area contributed by atoms with Crippen LogP contribution in [0, 0.1) is 13.8 Å². The Labute approximate surface area is 155 Å². The van der Waals surface area contributed by atoms with Crippen molar-refractivity contribution in [2.45, 2.75) is 45.1 Å². The molecule has 0 spiro atoms. The smallest absolute Gasteiger partial charge is 0.379 e. The molecule has 1 saturated carbocycles. The van der Waals surface area contributed by atoms with Gasteiger partial charge in [-0.05, 0) is 55.4 Å². The van der Waals surface area contributed by atoms with Gasteiger partial charge in [-0.1, -0.05) is 30.3 Å². The number of halogens is 2. The number of hydrogen-bond acceptors (Lipinski definition) is 2. The van der Waals surface area contributed by atoms with Crippen molar-refractivity contribution >= 4 is 16.9 Å². The van der Waals surface area contributed by atoms with Crippen LogP contribution < -0.4 is 0 Å². The van der Waals surface area contributed by atoms with Gasteiger partial charge in [-0.15, -0.1) is 0 Å². The highest BCUT2D eigenvalue weighted by Gasteiger charge is 2.41. The van der Waals surface area contributed by atoms with E-state index in [9.17, 15) is 13.6 Å². The van der Waals surface area contributed by atoms with Crippen LogP contribution in [0.1, 0.15) is 46.7 Å². The first-order valence-electron chi connectivity index (χ1n) is 8.96. The summed E-state index contributed by atoms with van der Waals surface area (Å²) >= 11 is 0. The second-order valence-corrected chi connectivity index (χ2v) is 7.27. The molecule has 140 valence electrons. The molecule has 1 N–H and O–H groups in total. The van der Waals surface area contributed by atoms with Crippen molar-refractivity contribution in [3.05, 3.63) is 64.3 Å². The van der Waals surface area contributed by atoms with E-state index in [2.05, 4.69) is 11.2 Å². The van der Waals surface area contributed by atoms with Crippen molar-refractivity contribution in [1.29, 1.82) is 0 Å². The number of aryl methyl sites for hydroxylation is 2. The van der Waals surface area contributed by atoms with E-state index in [1.54, 1.807) is 4.68 Å². The third-order valence-electron chi connectivity index (χ3n) is 5.34. The van der Waals surface area contributed by atoms with Gasteiger partial charge in [-0.25, -0.2) is 4.79 Å². The fraction of sp³-hybridized carbons (Fsp3) is 0.333. The lowest BCUT2D eigenvalue weighted by Crippen LogP contribution is -2.25. The summed E-state index contributed by atoms with van der Waals surface area (Å²) in [6.45, 7) is 4.35. The molecular formula is C21H20F2N2O2. The molecule has 0 atom stereocenters. The molecule has 0 amide bonds. The number of fused-ring (bicyclic) bond motifs is 1. The van der Waals surface area contributed by atoms with Gasteiger partial charge in [0.25, 0.3) is 0 Å². The number of hydrogen-bond donors (Lipinski definition) is 1. The van der Waals surface area contributed by atoms with E-state index in [-0.39, 0.29) is 0 Å². The third kappa shape index (κ3) is 2.99. The number of nitrogens with zero attached hydrogens (tertiary/aromatic N) is 2. The van der Waals surface area contributed by atoms with Crippen molar-refractivity contribution in [2.24, 2.45) is 0 Å². The van der Waals surface area contributed by atoms with Crippen LogP contribution in [0.25, 0.3) is 10.9 Å². The SMILES string of the molecule is Cc1cccc(C2CC2)c1Cn1nc(C)c2ccc(C(F)(F)C(=O)O)cc21. The summed E-state index contributed by atoms with van der Waals surface area (Å²) in [7, 11) is 0. The topological polar surface area (TPSA) is 55.1 Å². The zero-order valence-electron chi connectivity index (χ0n) is 15.2. The lowest BCUT2D eigenvalue weighted by atomic mass is 9.98. The van der Waals surface area contributed by atoms with E-state index in [0.717, 1.165) is 16.6 Å². The van der Waals surface area contributed by atoms with Gasteiger partial charge < -0.3 is 5.11 Å². The summed E-state index contributed by atoms with van der Waals surface area (Å²) in [4.78, 5) is 10.9. The van der Waals surface area contributed by atoms with Crippen molar-refractivity contribution in [2.75, 3.05) is 0 Å². The second-order valence-electron chi connectivity index (χ2n) is 7.27. The molecule has 1 aliphatic carbocycles. The Morgan fingerprint density at radius 2 is 2.00 bits per heavy atom. The van der Waals surface area contributed by atoms with Crippen molar-refractivity contribution in [3.8, 4) is 0 Å². The predicted octanol–water partition coefficient (Wildman–Crippen LogP) is 4.76. The first-order valence-corrected chi connectivity index (χ1v) is 8.96. The number of carboxylic acids is 1. The molecule has 4 nitrogen and oxygen atoms in total. The van der Waals surface area contributed by atoms with E-state index in [4.69, 9.17) is 5.11 Å². The molecule has 0 radical (unpaired) electrons. The molecule has 1 heterocycles. The molecule has 0 aliphatic heterocycles. The number of carboxylic acid groups (broad SMARTS) is 1.